The highest BCUT2D eigenvalue weighted by Crippen LogP contribution is 2.28. The molecule has 1 rings (SSSR count). The van der Waals surface area contributed by atoms with Gasteiger partial charge in [-0.25, -0.2) is 0 Å². The maximum Gasteiger partial charge on any atom is 0.161 e. The molecule has 1 aromatic rings. The highest BCUT2D eigenvalue weighted by atomic mass is 16.5. The van der Waals surface area contributed by atoms with Crippen LogP contribution in [0.1, 0.15) is 19.4 Å². The summed E-state index contributed by atoms with van der Waals surface area (Å²) < 4.78 is 10.7. The predicted octanol–water partition coefficient (Wildman–Crippen LogP) is 2.45. The van der Waals surface area contributed by atoms with Crippen molar-refractivity contribution in [3.63, 3.8) is 0 Å². The van der Waals surface area contributed by atoms with Gasteiger partial charge in [-0.3, -0.25) is 0 Å². The van der Waals surface area contributed by atoms with E-state index in [-0.39, 0.29) is 6.04 Å². The van der Waals surface area contributed by atoms with Gasteiger partial charge in [0.15, 0.2) is 11.5 Å². The molecule has 1 unspecified atom stereocenters. The molecule has 3 heteroatoms. The largest absolute Gasteiger partial charge is 0.493 e. The van der Waals surface area contributed by atoms with Crippen molar-refractivity contribution in [2.24, 2.45) is 5.73 Å². The quantitative estimate of drug-likeness (QED) is 0.830. The van der Waals surface area contributed by atoms with Crippen molar-refractivity contribution in [1.82, 2.24) is 0 Å². The summed E-state index contributed by atoms with van der Waals surface area (Å²) in [6, 6.07) is 5.87. The Hall–Kier alpha value is -1.48. The summed E-state index contributed by atoms with van der Waals surface area (Å²) in [5.74, 6) is 1.51. The molecule has 0 saturated carbocycles. The summed E-state index contributed by atoms with van der Waals surface area (Å²) >= 11 is 0. The van der Waals surface area contributed by atoms with Gasteiger partial charge < -0.3 is 15.2 Å². The lowest BCUT2D eigenvalue weighted by Gasteiger charge is -2.09. The molecule has 0 aromatic heterocycles. The average Bonchev–Trinajstić information content (AvgIpc) is 2.27. The number of methoxy groups -OCH3 is 1. The fourth-order valence-electron chi connectivity index (χ4n) is 1.33. The second kappa shape index (κ2) is 6.18. The molecule has 0 spiro atoms. The van der Waals surface area contributed by atoms with Gasteiger partial charge in [-0.05, 0) is 31.5 Å². The summed E-state index contributed by atoms with van der Waals surface area (Å²) in [5.41, 5.74) is 6.71. The third kappa shape index (κ3) is 3.59. The first-order chi connectivity index (χ1) is 7.67. The molecule has 0 aliphatic carbocycles. The summed E-state index contributed by atoms with van der Waals surface area (Å²) in [4.78, 5) is 0. The first-order valence-electron chi connectivity index (χ1n) is 5.42. The average molecular weight is 221 g/mol. The summed E-state index contributed by atoms with van der Waals surface area (Å²) in [7, 11) is 1.63. The molecule has 0 bridgehead atoms. The van der Waals surface area contributed by atoms with Crippen LogP contribution < -0.4 is 15.2 Å². The van der Waals surface area contributed by atoms with Crippen LogP contribution in [0.5, 0.6) is 11.5 Å². The zero-order valence-electron chi connectivity index (χ0n) is 10.1. The van der Waals surface area contributed by atoms with E-state index in [0.717, 1.165) is 17.1 Å². The Morgan fingerprint density at radius 3 is 2.69 bits per heavy atom. The Morgan fingerprint density at radius 1 is 1.38 bits per heavy atom. The van der Waals surface area contributed by atoms with Crippen molar-refractivity contribution in [2.45, 2.75) is 19.9 Å². The number of rotatable bonds is 5. The van der Waals surface area contributed by atoms with E-state index in [1.54, 1.807) is 7.11 Å². The second-order valence-corrected chi connectivity index (χ2v) is 3.56. The van der Waals surface area contributed by atoms with E-state index in [9.17, 15) is 0 Å². The molecule has 0 saturated heterocycles. The van der Waals surface area contributed by atoms with E-state index >= 15 is 0 Å². The lowest BCUT2D eigenvalue weighted by Crippen LogP contribution is -2.09. The molecule has 0 aliphatic heterocycles. The minimum atomic E-state index is 0.0534. The maximum absolute atomic E-state index is 5.65. The minimum Gasteiger partial charge on any atom is -0.493 e. The van der Waals surface area contributed by atoms with Crippen molar-refractivity contribution in [3.05, 3.63) is 29.8 Å². The summed E-state index contributed by atoms with van der Waals surface area (Å²) in [5, 5.41) is 0. The molecule has 88 valence electrons. The highest BCUT2D eigenvalue weighted by Gasteiger charge is 2.03. The maximum atomic E-state index is 5.65. The van der Waals surface area contributed by atoms with Crippen molar-refractivity contribution < 1.29 is 9.47 Å². The van der Waals surface area contributed by atoms with Crippen LogP contribution in [-0.2, 0) is 0 Å². The van der Waals surface area contributed by atoms with Gasteiger partial charge in [0.1, 0.15) is 0 Å². The van der Waals surface area contributed by atoms with Crippen LogP contribution in [-0.4, -0.2) is 19.8 Å². The van der Waals surface area contributed by atoms with E-state index in [0.29, 0.717) is 6.61 Å². The van der Waals surface area contributed by atoms with Crippen LogP contribution in [0, 0.1) is 0 Å². The van der Waals surface area contributed by atoms with Crippen LogP contribution >= 0.6 is 0 Å². The SMILES string of the molecule is CCOc1cc(/C=C/C(C)N)ccc1OC. The third-order valence-corrected chi connectivity index (χ3v) is 2.08. The monoisotopic (exact) mass is 221 g/mol. The summed E-state index contributed by atoms with van der Waals surface area (Å²) in [6.45, 7) is 4.50. The number of hydrogen-bond acceptors (Lipinski definition) is 3. The molecule has 3 nitrogen and oxygen atoms in total. The third-order valence-electron chi connectivity index (χ3n) is 2.08. The topological polar surface area (TPSA) is 44.5 Å². The van der Waals surface area contributed by atoms with Gasteiger partial charge >= 0.3 is 0 Å². The Morgan fingerprint density at radius 2 is 2.12 bits per heavy atom. The van der Waals surface area contributed by atoms with Crippen LogP contribution in [0.3, 0.4) is 0 Å². The lowest BCUT2D eigenvalue weighted by atomic mass is 10.1. The first kappa shape index (κ1) is 12.6. The predicted molar refractivity (Wildman–Crippen MR) is 66.8 cm³/mol. The van der Waals surface area contributed by atoms with Gasteiger partial charge in [-0.15, -0.1) is 0 Å². The van der Waals surface area contributed by atoms with Crippen molar-refractivity contribution in [3.8, 4) is 11.5 Å². The molecule has 0 radical (unpaired) electrons. The molecule has 2 N–H and O–H groups in total. The normalized spacial score (nSPS) is 12.8. The van der Waals surface area contributed by atoms with E-state index in [4.69, 9.17) is 15.2 Å². The number of hydrogen-bond donors (Lipinski definition) is 1. The van der Waals surface area contributed by atoms with Crippen LogP contribution in [0.4, 0.5) is 0 Å². The first-order valence-corrected chi connectivity index (χ1v) is 5.42. The van der Waals surface area contributed by atoms with Crippen LogP contribution in [0.15, 0.2) is 24.3 Å². The zero-order chi connectivity index (χ0) is 12.0. The molecule has 16 heavy (non-hydrogen) atoms. The molecular formula is C13H19NO2. The fraction of sp³-hybridized carbons (Fsp3) is 0.385. The Kier molecular flexibility index (Phi) is 4.86. The Labute approximate surface area is 96.9 Å². The molecule has 0 amide bonds. The van der Waals surface area contributed by atoms with Crippen molar-refractivity contribution in [1.29, 1.82) is 0 Å². The molecular weight excluding hydrogens is 202 g/mol. The van der Waals surface area contributed by atoms with Gasteiger partial charge in [0.2, 0.25) is 0 Å². The molecule has 0 aliphatic rings. The van der Waals surface area contributed by atoms with Crippen LogP contribution in [0.25, 0.3) is 6.08 Å². The number of ether oxygens (including phenoxy) is 2. The van der Waals surface area contributed by atoms with Gasteiger partial charge in [-0.1, -0.05) is 18.2 Å². The second-order valence-electron chi connectivity index (χ2n) is 3.56. The molecule has 0 fully saturated rings. The zero-order valence-corrected chi connectivity index (χ0v) is 10.1. The molecule has 1 aromatic carbocycles. The van der Waals surface area contributed by atoms with E-state index in [2.05, 4.69) is 0 Å². The summed E-state index contributed by atoms with van der Waals surface area (Å²) in [6.07, 6.45) is 3.92. The van der Waals surface area contributed by atoms with Gasteiger partial charge in [0.25, 0.3) is 0 Å². The van der Waals surface area contributed by atoms with E-state index < -0.39 is 0 Å². The number of benzene rings is 1. The number of nitrogens with two attached hydrogens (primary N) is 1. The Bertz CT molecular complexity index is 359. The van der Waals surface area contributed by atoms with E-state index in [1.807, 2.05) is 44.2 Å². The van der Waals surface area contributed by atoms with Gasteiger partial charge in [0, 0.05) is 6.04 Å². The lowest BCUT2D eigenvalue weighted by molar-refractivity contribution is 0.311. The fourth-order valence-corrected chi connectivity index (χ4v) is 1.33. The highest BCUT2D eigenvalue weighted by molar-refractivity contribution is 5.56. The molecule has 0 heterocycles. The van der Waals surface area contributed by atoms with Crippen molar-refractivity contribution in [2.75, 3.05) is 13.7 Å². The van der Waals surface area contributed by atoms with E-state index in [1.165, 1.54) is 0 Å². The van der Waals surface area contributed by atoms with Gasteiger partial charge in [-0.2, -0.15) is 0 Å². The smallest absolute Gasteiger partial charge is 0.161 e. The van der Waals surface area contributed by atoms with Gasteiger partial charge in [0.05, 0.1) is 13.7 Å². The molecule has 1 atom stereocenters. The van der Waals surface area contributed by atoms with Crippen molar-refractivity contribution >= 4 is 6.08 Å². The minimum absolute atomic E-state index is 0.0534. The standard InChI is InChI=1S/C13H19NO2/c1-4-16-13-9-11(6-5-10(2)14)7-8-12(13)15-3/h5-10H,4,14H2,1-3H3/b6-5+. The Balaban J connectivity index is 2.92. The van der Waals surface area contributed by atoms with Crippen LogP contribution in [0.2, 0.25) is 0 Å².